The Labute approximate surface area is 107 Å². The van der Waals surface area contributed by atoms with Crippen molar-refractivity contribution in [3.8, 4) is 0 Å². The number of nitrogens with one attached hydrogen (secondary N) is 1. The summed E-state index contributed by atoms with van der Waals surface area (Å²) < 4.78 is 1.71. The van der Waals surface area contributed by atoms with Gasteiger partial charge in [0.25, 0.3) is 0 Å². The van der Waals surface area contributed by atoms with Crippen LogP contribution in [-0.2, 0) is 6.54 Å². The molecule has 0 saturated heterocycles. The number of benzene rings is 1. The van der Waals surface area contributed by atoms with Crippen LogP contribution < -0.4 is 11.1 Å². The van der Waals surface area contributed by atoms with E-state index in [1.807, 2.05) is 30.3 Å². The zero-order valence-corrected chi connectivity index (χ0v) is 10.8. The van der Waals surface area contributed by atoms with Gasteiger partial charge < -0.3 is 11.1 Å². The molecule has 96 valence electrons. The van der Waals surface area contributed by atoms with Crippen LogP contribution in [0.15, 0.2) is 30.3 Å². The lowest BCUT2D eigenvalue weighted by molar-refractivity contribution is 0.673. The topological polar surface area (TPSA) is 68.8 Å². The number of aromatic nitrogens is 3. The lowest BCUT2D eigenvalue weighted by atomic mass is 10.2. The van der Waals surface area contributed by atoms with E-state index in [0.717, 1.165) is 12.1 Å². The summed E-state index contributed by atoms with van der Waals surface area (Å²) in [4.78, 5) is 4.20. The van der Waals surface area contributed by atoms with Gasteiger partial charge in [-0.2, -0.15) is 4.98 Å². The van der Waals surface area contributed by atoms with Gasteiger partial charge >= 0.3 is 0 Å². The molecule has 1 heterocycles. The Hall–Kier alpha value is -2.04. The number of rotatable bonds is 5. The van der Waals surface area contributed by atoms with Crippen molar-refractivity contribution in [2.24, 2.45) is 5.92 Å². The van der Waals surface area contributed by atoms with Gasteiger partial charge in [-0.05, 0) is 11.5 Å². The van der Waals surface area contributed by atoms with Gasteiger partial charge in [0.1, 0.15) is 0 Å². The van der Waals surface area contributed by atoms with Gasteiger partial charge in [0.05, 0.1) is 6.54 Å². The highest BCUT2D eigenvalue weighted by Gasteiger charge is 2.07. The normalized spacial score (nSPS) is 10.8. The minimum absolute atomic E-state index is 0.435. The molecule has 1 aromatic heterocycles. The third-order valence-electron chi connectivity index (χ3n) is 2.54. The molecule has 0 atom stereocenters. The zero-order valence-electron chi connectivity index (χ0n) is 10.8. The van der Waals surface area contributed by atoms with E-state index < -0.39 is 0 Å². The van der Waals surface area contributed by atoms with E-state index in [-0.39, 0.29) is 0 Å². The van der Waals surface area contributed by atoms with E-state index in [1.54, 1.807) is 4.68 Å². The average Bonchev–Trinajstić information content (AvgIpc) is 2.69. The first kappa shape index (κ1) is 12.4. The summed E-state index contributed by atoms with van der Waals surface area (Å²) in [5, 5.41) is 7.51. The SMILES string of the molecule is CC(C)CNc1nc(N)n(Cc2ccccc2)n1. The standard InChI is InChI=1S/C13H19N5/c1-10(2)8-15-13-16-12(14)18(17-13)9-11-6-4-3-5-7-11/h3-7,10H,8-9H2,1-2H3,(H3,14,15,16,17). The quantitative estimate of drug-likeness (QED) is 0.845. The molecule has 0 bridgehead atoms. The summed E-state index contributed by atoms with van der Waals surface area (Å²) in [7, 11) is 0. The maximum Gasteiger partial charge on any atom is 0.243 e. The summed E-state index contributed by atoms with van der Waals surface area (Å²) in [6.45, 7) is 5.76. The van der Waals surface area contributed by atoms with Crippen molar-refractivity contribution in [3.63, 3.8) is 0 Å². The van der Waals surface area contributed by atoms with Gasteiger partial charge in [-0.25, -0.2) is 4.68 Å². The number of hydrogen-bond donors (Lipinski definition) is 2. The first-order valence-electron chi connectivity index (χ1n) is 6.13. The van der Waals surface area contributed by atoms with Gasteiger partial charge in [0.2, 0.25) is 11.9 Å². The maximum atomic E-state index is 5.84. The Morgan fingerprint density at radius 1 is 1.28 bits per heavy atom. The number of hydrogen-bond acceptors (Lipinski definition) is 4. The predicted molar refractivity (Wildman–Crippen MR) is 73.3 cm³/mol. The fraction of sp³-hybridized carbons (Fsp3) is 0.385. The first-order valence-corrected chi connectivity index (χ1v) is 6.13. The second kappa shape index (κ2) is 5.53. The Morgan fingerprint density at radius 3 is 2.67 bits per heavy atom. The minimum atomic E-state index is 0.435. The fourth-order valence-corrected chi connectivity index (χ4v) is 1.60. The lowest BCUT2D eigenvalue weighted by Gasteiger charge is -2.04. The Morgan fingerprint density at radius 2 is 2.00 bits per heavy atom. The molecule has 0 aliphatic heterocycles. The van der Waals surface area contributed by atoms with Crippen LogP contribution in [0.4, 0.5) is 11.9 Å². The van der Waals surface area contributed by atoms with Crippen molar-refractivity contribution in [2.45, 2.75) is 20.4 Å². The van der Waals surface area contributed by atoms with Gasteiger partial charge in [-0.15, -0.1) is 5.10 Å². The third kappa shape index (κ3) is 3.23. The minimum Gasteiger partial charge on any atom is -0.368 e. The first-order chi connectivity index (χ1) is 8.65. The number of anilines is 2. The molecule has 5 nitrogen and oxygen atoms in total. The van der Waals surface area contributed by atoms with Gasteiger partial charge in [-0.3, -0.25) is 0 Å². The molecule has 3 N–H and O–H groups in total. The van der Waals surface area contributed by atoms with Gasteiger partial charge in [-0.1, -0.05) is 44.2 Å². The molecule has 2 aromatic rings. The van der Waals surface area contributed by atoms with E-state index in [1.165, 1.54) is 0 Å². The van der Waals surface area contributed by atoms with Crippen LogP contribution in [0.1, 0.15) is 19.4 Å². The van der Waals surface area contributed by atoms with E-state index in [0.29, 0.717) is 24.4 Å². The second-order valence-corrected chi connectivity index (χ2v) is 4.71. The average molecular weight is 245 g/mol. The maximum absolute atomic E-state index is 5.84. The number of nitrogens with zero attached hydrogens (tertiary/aromatic N) is 3. The molecule has 18 heavy (non-hydrogen) atoms. The molecule has 1 aromatic carbocycles. The summed E-state index contributed by atoms with van der Waals surface area (Å²) in [5.41, 5.74) is 7.00. The van der Waals surface area contributed by atoms with Gasteiger partial charge in [0, 0.05) is 6.54 Å². The smallest absolute Gasteiger partial charge is 0.243 e. The summed E-state index contributed by atoms with van der Waals surface area (Å²) in [6.07, 6.45) is 0. The van der Waals surface area contributed by atoms with E-state index in [9.17, 15) is 0 Å². The van der Waals surface area contributed by atoms with E-state index >= 15 is 0 Å². The van der Waals surface area contributed by atoms with Crippen LogP contribution >= 0.6 is 0 Å². The molecule has 5 heteroatoms. The zero-order chi connectivity index (χ0) is 13.0. The number of nitrogen functional groups attached to an aromatic ring is 1. The monoisotopic (exact) mass is 245 g/mol. The largest absolute Gasteiger partial charge is 0.368 e. The van der Waals surface area contributed by atoms with Crippen molar-refractivity contribution < 1.29 is 0 Å². The second-order valence-electron chi connectivity index (χ2n) is 4.71. The van der Waals surface area contributed by atoms with Gasteiger partial charge in [0.15, 0.2) is 0 Å². The van der Waals surface area contributed by atoms with Crippen LogP contribution in [0.3, 0.4) is 0 Å². The Kier molecular flexibility index (Phi) is 3.82. The summed E-state index contributed by atoms with van der Waals surface area (Å²) in [6, 6.07) is 10.1. The molecule has 0 aliphatic carbocycles. The highest BCUT2D eigenvalue weighted by Crippen LogP contribution is 2.09. The molecule has 0 unspecified atom stereocenters. The molecule has 0 saturated carbocycles. The van der Waals surface area contributed by atoms with Crippen molar-refractivity contribution in [3.05, 3.63) is 35.9 Å². The van der Waals surface area contributed by atoms with Crippen LogP contribution in [0.5, 0.6) is 0 Å². The van der Waals surface area contributed by atoms with E-state index in [2.05, 4.69) is 29.2 Å². The summed E-state index contributed by atoms with van der Waals surface area (Å²) in [5.74, 6) is 1.58. The molecule has 0 fully saturated rings. The fourth-order valence-electron chi connectivity index (χ4n) is 1.60. The van der Waals surface area contributed by atoms with Crippen LogP contribution in [-0.4, -0.2) is 21.3 Å². The number of nitrogens with two attached hydrogens (primary N) is 1. The highest BCUT2D eigenvalue weighted by molar-refractivity contribution is 5.32. The molecule has 0 amide bonds. The third-order valence-corrected chi connectivity index (χ3v) is 2.54. The highest BCUT2D eigenvalue weighted by atomic mass is 15.4. The van der Waals surface area contributed by atoms with Crippen molar-refractivity contribution in [1.29, 1.82) is 0 Å². The van der Waals surface area contributed by atoms with Crippen LogP contribution in [0.25, 0.3) is 0 Å². The van der Waals surface area contributed by atoms with Crippen molar-refractivity contribution in [1.82, 2.24) is 14.8 Å². The Bertz CT molecular complexity index is 489. The molecule has 0 spiro atoms. The molecular weight excluding hydrogens is 226 g/mol. The molecular formula is C13H19N5. The Balaban J connectivity index is 2.05. The van der Waals surface area contributed by atoms with Crippen molar-refractivity contribution in [2.75, 3.05) is 17.6 Å². The lowest BCUT2D eigenvalue weighted by Crippen LogP contribution is -2.10. The van der Waals surface area contributed by atoms with Crippen molar-refractivity contribution >= 4 is 11.9 Å². The molecule has 2 rings (SSSR count). The summed E-state index contributed by atoms with van der Waals surface area (Å²) >= 11 is 0. The molecule has 0 radical (unpaired) electrons. The van der Waals surface area contributed by atoms with Crippen LogP contribution in [0.2, 0.25) is 0 Å². The molecule has 0 aliphatic rings. The van der Waals surface area contributed by atoms with E-state index in [4.69, 9.17) is 5.73 Å². The predicted octanol–water partition coefficient (Wildman–Crippen LogP) is 1.98. The van der Waals surface area contributed by atoms with Crippen LogP contribution in [0, 0.1) is 5.92 Å².